The van der Waals surface area contributed by atoms with E-state index in [-0.39, 0.29) is 5.54 Å². The van der Waals surface area contributed by atoms with Gasteiger partial charge in [-0.15, -0.1) is 0 Å². The lowest BCUT2D eigenvalue weighted by Crippen LogP contribution is -2.36. The third-order valence-corrected chi connectivity index (χ3v) is 3.50. The molecule has 0 heterocycles. The zero-order valence-corrected chi connectivity index (χ0v) is 13.7. The maximum atomic E-state index is 6.21. The second kappa shape index (κ2) is 7.37. The molecule has 0 bridgehead atoms. The molecule has 2 nitrogen and oxygen atoms in total. The van der Waals surface area contributed by atoms with E-state index in [1.165, 1.54) is 0 Å². The Morgan fingerprint density at radius 3 is 2.37 bits per heavy atom. The van der Waals surface area contributed by atoms with Gasteiger partial charge in [-0.25, -0.2) is 0 Å². The third-order valence-electron chi connectivity index (χ3n) is 2.85. The van der Waals surface area contributed by atoms with Crippen LogP contribution in [-0.2, 0) is 6.42 Å². The minimum absolute atomic E-state index is 0.182. The average molecular weight is 304 g/mol. The molecule has 1 aromatic rings. The number of hydrogen-bond acceptors (Lipinski definition) is 2. The van der Waals surface area contributed by atoms with Crippen LogP contribution < -0.4 is 10.1 Å². The lowest BCUT2D eigenvalue weighted by Gasteiger charge is -2.20. The molecular weight excluding hydrogens is 281 g/mol. The summed E-state index contributed by atoms with van der Waals surface area (Å²) >= 11 is 12.3. The summed E-state index contributed by atoms with van der Waals surface area (Å²) in [7, 11) is 1.59. The molecule has 0 spiro atoms. The van der Waals surface area contributed by atoms with Crippen molar-refractivity contribution >= 4 is 23.2 Å². The molecule has 0 aliphatic heterocycles. The zero-order valence-electron chi connectivity index (χ0n) is 12.1. The van der Waals surface area contributed by atoms with E-state index in [0.717, 1.165) is 36.4 Å². The molecule has 0 aromatic heterocycles. The third kappa shape index (κ3) is 6.03. The zero-order chi connectivity index (χ0) is 14.5. The van der Waals surface area contributed by atoms with E-state index in [2.05, 4.69) is 26.1 Å². The van der Waals surface area contributed by atoms with Crippen molar-refractivity contribution in [2.75, 3.05) is 13.7 Å². The highest BCUT2D eigenvalue weighted by Gasteiger charge is 2.09. The highest BCUT2D eigenvalue weighted by Crippen LogP contribution is 2.31. The minimum atomic E-state index is 0.182. The van der Waals surface area contributed by atoms with Gasteiger partial charge in [0.2, 0.25) is 0 Å². The summed E-state index contributed by atoms with van der Waals surface area (Å²) in [6, 6.07) is 3.69. The highest BCUT2D eigenvalue weighted by molar-refractivity contribution is 6.34. The number of aryl methyl sites for hydroxylation is 1. The van der Waals surface area contributed by atoms with E-state index < -0.39 is 0 Å². The van der Waals surface area contributed by atoms with Crippen LogP contribution in [0.5, 0.6) is 5.75 Å². The summed E-state index contributed by atoms with van der Waals surface area (Å²) in [5.41, 5.74) is 1.27. The fourth-order valence-corrected chi connectivity index (χ4v) is 2.33. The van der Waals surface area contributed by atoms with Crippen molar-refractivity contribution in [1.29, 1.82) is 0 Å². The maximum absolute atomic E-state index is 6.21. The van der Waals surface area contributed by atoms with Crippen LogP contribution in [0.25, 0.3) is 0 Å². The van der Waals surface area contributed by atoms with Gasteiger partial charge >= 0.3 is 0 Å². The number of benzene rings is 1. The fraction of sp³-hybridized carbons (Fsp3) is 0.600. The first-order chi connectivity index (χ1) is 8.83. The van der Waals surface area contributed by atoms with Crippen LogP contribution in [0.2, 0.25) is 10.0 Å². The molecule has 1 rings (SSSR count). The Bertz CT molecular complexity index is 413. The molecule has 0 unspecified atom stereocenters. The lowest BCUT2D eigenvalue weighted by atomic mass is 10.1. The van der Waals surface area contributed by atoms with Gasteiger partial charge in [-0.2, -0.15) is 0 Å². The summed E-state index contributed by atoms with van der Waals surface area (Å²) < 4.78 is 5.13. The van der Waals surface area contributed by atoms with E-state index in [4.69, 9.17) is 27.9 Å². The second-order valence-corrected chi connectivity index (χ2v) is 6.53. The van der Waals surface area contributed by atoms with Crippen molar-refractivity contribution in [2.45, 2.75) is 45.6 Å². The van der Waals surface area contributed by atoms with Gasteiger partial charge in [0.05, 0.1) is 12.1 Å². The van der Waals surface area contributed by atoms with Gasteiger partial charge in [0.25, 0.3) is 0 Å². The summed E-state index contributed by atoms with van der Waals surface area (Å²) in [5, 5.41) is 4.82. The standard InChI is InChI=1S/C15H23Cl2NO/c1-15(2,3)18-8-6-5-7-11-9-13(17)14(19-4)10-12(11)16/h9-10,18H,5-8H2,1-4H3. The molecule has 1 N–H and O–H groups in total. The first kappa shape index (κ1) is 16.6. The molecule has 0 amide bonds. The van der Waals surface area contributed by atoms with Crippen LogP contribution in [0, 0.1) is 0 Å². The summed E-state index contributed by atoms with van der Waals surface area (Å²) in [6.45, 7) is 7.54. The molecule has 4 heteroatoms. The molecule has 0 fully saturated rings. The van der Waals surface area contributed by atoms with E-state index in [1.807, 2.05) is 6.07 Å². The molecule has 0 aliphatic carbocycles. The maximum Gasteiger partial charge on any atom is 0.138 e. The molecule has 0 atom stereocenters. The van der Waals surface area contributed by atoms with E-state index in [9.17, 15) is 0 Å². The Morgan fingerprint density at radius 2 is 1.79 bits per heavy atom. The number of nitrogens with one attached hydrogen (secondary N) is 1. The van der Waals surface area contributed by atoms with Crippen LogP contribution in [-0.4, -0.2) is 19.2 Å². The Morgan fingerprint density at radius 1 is 1.11 bits per heavy atom. The SMILES string of the molecule is COc1cc(Cl)c(CCCCNC(C)(C)C)cc1Cl. The molecule has 0 saturated carbocycles. The minimum Gasteiger partial charge on any atom is -0.495 e. The molecule has 108 valence electrons. The van der Waals surface area contributed by atoms with Crippen molar-refractivity contribution in [3.63, 3.8) is 0 Å². The van der Waals surface area contributed by atoms with Gasteiger partial charge in [0, 0.05) is 16.6 Å². The van der Waals surface area contributed by atoms with Gasteiger partial charge < -0.3 is 10.1 Å². The monoisotopic (exact) mass is 303 g/mol. The predicted octanol–water partition coefficient (Wildman–Crippen LogP) is 4.71. The molecule has 0 radical (unpaired) electrons. The van der Waals surface area contributed by atoms with Gasteiger partial charge in [-0.1, -0.05) is 23.2 Å². The largest absolute Gasteiger partial charge is 0.495 e. The van der Waals surface area contributed by atoms with Crippen molar-refractivity contribution in [1.82, 2.24) is 5.32 Å². The van der Waals surface area contributed by atoms with Crippen molar-refractivity contribution in [3.05, 3.63) is 27.7 Å². The highest BCUT2D eigenvalue weighted by atomic mass is 35.5. The van der Waals surface area contributed by atoms with Crippen molar-refractivity contribution in [2.24, 2.45) is 0 Å². The summed E-state index contributed by atoms with van der Waals surface area (Å²) in [4.78, 5) is 0. The fourth-order valence-electron chi connectivity index (χ4n) is 1.82. The molecular formula is C15H23Cl2NO. The van der Waals surface area contributed by atoms with Crippen LogP contribution in [0.1, 0.15) is 39.2 Å². The van der Waals surface area contributed by atoms with Gasteiger partial charge in [0.1, 0.15) is 5.75 Å². The average Bonchev–Trinajstić information content (AvgIpc) is 2.31. The van der Waals surface area contributed by atoms with E-state index >= 15 is 0 Å². The first-order valence-electron chi connectivity index (χ1n) is 6.60. The summed E-state index contributed by atoms with van der Waals surface area (Å²) in [6.07, 6.45) is 3.15. The van der Waals surface area contributed by atoms with Crippen molar-refractivity contribution < 1.29 is 4.74 Å². The van der Waals surface area contributed by atoms with Crippen LogP contribution in [0.3, 0.4) is 0 Å². The number of rotatable bonds is 6. The molecule has 1 aromatic carbocycles. The number of unbranched alkanes of at least 4 members (excludes halogenated alkanes) is 1. The van der Waals surface area contributed by atoms with E-state index in [0.29, 0.717) is 10.8 Å². The van der Waals surface area contributed by atoms with Gasteiger partial charge in [-0.3, -0.25) is 0 Å². The van der Waals surface area contributed by atoms with Gasteiger partial charge in [-0.05, 0) is 58.2 Å². The smallest absolute Gasteiger partial charge is 0.138 e. The van der Waals surface area contributed by atoms with Crippen LogP contribution in [0.4, 0.5) is 0 Å². The second-order valence-electron chi connectivity index (χ2n) is 5.71. The Kier molecular flexibility index (Phi) is 6.45. The Balaban J connectivity index is 2.44. The topological polar surface area (TPSA) is 21.3 Å². The van der Waals surface area contributed by atoms with E-state index in [1.54, 1.807) is 13.2 Å². The van der Waals surface area contributed by atoms with Crippen LogP contribution in [0.15, 0.2) is 12.1 Å². The van der Waals surface area contributed by atoms with Gasteiger partial charge in [0.15, 0.2) is 0 Å². The predicted molar refractivity (Wildman–Crippen MR) is 83.7 cm³/mol. The Labute approximate surface area is 126 Å². The Hall–Kier alpha value is -0.440. The number of halogens is 2. The molecule has 0 saturated heterocycles. The quantitative estimate of drug-likeness (QED) is 0.768. The normalized spacial score (nSPS) is 11.7. The number of hydrogen-bond donors (Lipinski definition) is 1. The molecule has 19 heavy (non-hydrogen) atoms. The lowest BCUT2D eigenvalue weighted by molar-refractivity contribution is 0.414. The summed E-state index contributed by atoms with van der Waals surface area (Å²) in [5.74, 6) is 0.629. The number of methoxy groups -OCH3 is 1. The van der Waals surface area contributed by atoms with Crippen LogP contribution >= 0.6 is 23.2 Å². The first-order valence-corrected chi connectivity index (χ1v) is 7.36. The molecule has 0 aliphatic rings. The van der Waals surface area contributed by atoms with Crippen molar-refractivity contribution in [3.8, 4) is 5.75 Å². The number of ether oxygens (including phenoxy) is 1.